The van der Waals surface area contributed by atoms with E-state index >= 15 is 0 Å². The Labute approximate surface area is 139 Å². The van der Waals surface area contributed by atoms with Crippen molar-refractivity contribution in [3.8, 4) is 0 Å². The van der Waals surface area contributed by atoms with Gasteiger partial charge in [-0.1, -0.05) is 37.3 Å². The van der Waals surface area contributed by atoms with Crippen molar-refractivity contribution in [2.45, 2.75) is 13.3 Å². The summed E-state index contributed by atoms with van der Waals surface area (Å²) in [6.45, 7) is 2.01. The molecule has 1 heterocycles. The van der Waals surface area contributed by atoms with Gasteiger partial charge in [0.05, 0.1) is 6.21 Å². The van der Waals surface area contributed by atoms with Gasteiger partial charge in [0.2, 0.25) is 4.77 Å². The minimum atomic E-state index is 0.500. The third kappa shape index (κ3) is 3.73. The van der Waals surface area contributed by atoms with Crippen molar-refractivity contribution < 1.29 is 0 Å². The standard InChI is InChI=1S/C17H17N5S/c1-2-16-20-21-17(23)22(16)18-12-13-8-10-15(11-9-13)19-14-6-4-3-5-7-14/h3-12,19H,2H2,1H3,(H,21,23)/b18-12-. The second kappa shape index (κ2) is 7.02. The number of para-hydroxylation sites is 1. The Kier molecular flexibility index (Phi) is 4.63. The van der Waals surface area contributed by atoms with Crippen molar-refractivity contribution in [2.24, 2.45) is 5.10 Å². The van der Waals surface area contributed by atoms with Crippen LogP contribution in [0.5, 0.6) is 0 Å². The molecule has 2 N–H and O–H groups in total. The molecule has 0 radical (unpaired) electrons. The topological polar surface area (TPSA) is 58.0 Å². The first-order chi connectivity index (χ1) is 11.3. The van der Waals surface area contributed by atoms with E-state index in [0.717, 1.165) is 29.2 Å². The fraction of sp³-hybridized carbons (Fsp3) is 0.118. The number of hydrogen-bond donors (Lipinski definition) is 2. The Morgan fingerprint density at radius 2 is 1.83 bits per heavy atom. The van der Waals surface area contributed by atoms with E-state index in [1.165, 1.54) is 0 Å². The Morgan fingerprint density at radius 3 is 2.52 bits per heavy atom. The fourth-order valence-corrected chi connectivity index (χ4v) is 2.34. The molecule has 0 bridgehead atoms. The van der Waals surface area contributed by atoms with Gasteiger partial charge in [0.15, 0.2) is 5.82 Å². The van der Waals surface area contributed by atoms with E-state index in [4.69, 9.17) is 12.2 Å². The van der Waals surface area contributed by atoms with Gasteiger partial charge in [0, 0.05) is 17.8 Å². The van der Waals surface area contributed by atoms with E-state index in [1.54, 1.807) is 10.9 Å². The van der Waals surface area contributed by atoms with E-state index in [0.29, 0.717) is 4.77 Å². The van der Waals surface area contributed by atoms with Crippen LogP contribution in [0.1, 0.15) is 18.3 Å². The summed E-state index contributed by atoms with van der Waals surface area (Å²) in [6, 6.07) is 18.1. The van der Waals surface area contributed by atoms with Gasteiger partial charge >= 0.3 is 0 Å². The molecule has 3 aromatic rings. The van der Waals surface area contributed by atoms with Crippen LogP contribution in [0.3, 0.4) is 0 Å². The highest BCUT2D eigenvalue weighted by molar-refractivity contribution is 7.71. The summed E-state index contributed by atoms with van der Waals surface area (Å²) in [6.07, 6.45) is 2.54. The minimum Gasteiger partial charge on any atom is -0.356 e. The molecule has 0 spiro atoms. The van der Waals surface area contributed by atoms with Crippen LogP contribution < -0.4 is 5.32 Å². The van der Waals surface area contributed by atoms with Gasteiger partial charge < -0.3 is 5.32 Å². The first-order valence-electron chi connectivity index (χ1n) is 7.39. The Hall–Kier alpha value is -2.73. The largest absolute Gasteiger partial charge is 0.356 e. The Balaban J connectivity index is 1.73. The zero-order valence-corrected chi connectivity index (χ0v) is 13.5. The van der Waals surface area contributed by atoms with E-state index in [1.807, 2.05) is 61.5 Å². The van der Waals surface area contributed by atoms with Crippen LogP contribution in [-0.4, -0.2) is 21.1 Å². The third-order valence-electron chi connectivity index (χ3n) is 3.33. The first-order valence-corrected chi connectivity index (χ1v) is 7.80. The maximum Gasteiger partial charge on any atom is 0.216 e. The number of anilines is 2. The summed E-state index contributed by atoms with van der Waals surface area (Å²) in [4.78, 5) is 0. The van der Waals surface area contributed by atoms with E-state index in [9.17, 15) is 0 Å². The molecule has 1 aromatic heterocycles. The molecule has 6 heteroatoms. The molecule has 0 aliphatic rings. The smallest absolute Gasteiger partial charge is 0.216 e. The van der Waals surface area contributed by atoms with Gasteiger partial charge in [-0.15, -0.1) is 0 Å². The quantitative estimate of drug-likeness (QED) is 0.548. The van der Waals surface area contributed by atoms with Crippen molar-refractivity contribution in [3.63, 3.8) is 0 Å². The van der Waals surface area contributed by atoms with Crippen molar-refractivity contribution in [2.75, 3.05) is 5.32 Å². The lowest BCUT2D eigenvalue weighted by Gasteiger charge is -2.06. The van der Waals surface area contributed by atoms with Gasteiger partial charge in [0.25, 0.3) is 0 Å². The highest BCUT2D eigenvalue weighted by Crippen LogP contribution is 2.16. The van der Waals surface area contributed by atoms with Crippen LogP contribution in [0, 0.1) is 4.77 Å². The maximum absolute atomic E-state index is 5.17. The summed E-state index contributed by atoms with van der Waals surface area (Å²) in [5, 5.41) is 14.6. The molecule has 0 atom stereocenters. The molecule has 0 fully saturated rings. The number of benzene rings is 2. The summed E-state index contributed by atoms with van der Waals surface area (Å²) < 4.78 is 2.14. The zero-order valence-electron chi connectivity index (χ0n) is 12.7. The predicted molar refractivity (Wildman–Crippen MR) is 95.9 cm³/mol. The summed E-state index contributed by atoms with van der Waals surface area (Å²) >= 11 is 5.17. The molecular weight excluding hydrogens is 306 g/mol. The Bertz CT molecular complexity index is 847. The molecular formula is C17H17N5S. The van der Waals surface area contributed by atoms with Crippen LogP contribution in [0.15, 0.2) is 59.7 Å². The SMILES string of the molecule is CCc1n[nH]c(=S)n1/N=C\c1ccc(Nc2ccccc2)cc1. The molecule has 3 rings (SSSR count). The summed E-state index contributed by atoms with van der Waals surface area (Å²) in [5.41, 5.74) is 3.09. The number of aromatic amines is 1. The maximum atomic E-state index is 5.17. The Morgan fingerprint density at radius 1 is 1.13 bits per heavy atom. The minimum absolute atomic E-state index is 0.500. The van der Waals surface area contributed by atoms with Crippen LogP contribution in [0.4, 0.5) is 11.4 Å². The second-order valence-electron chi connectivity index (χ2n) is 4.97. The van der Waals surface area contributed by atoms with E-state index in [2.05, 4.69) is 20.6 Å². The van der Waals surface area contributed by atoms with Crippen LogP contribution in [-0.2, 0) is 6.42 Å². The molecule has 0 unspecified atom stereocenters. The lowest BCUT2D eigenvalue weighted by molar-refractivity contribution is 0.780. The van der Waals surface area contributed by atoms with Gasteiger partial charge in [-0.25, -0.2) is 0 Å². The van der Waals surface area contributed by atoms with Crippen LogP contribution in [0.2, 0.25) is 0 Å². The molecule has 2 aromatic carbocycles. The zero-order chi connectivity index (χ0) is 16.1. The fourth-order valence-electron chi connectivity index (χ4n) is 2.14. The van der Waals surface area contributed by atoms with E-state index < -0.39 is 0 Å². The van der Waals surface area contributed by atoms with Crippen LogP contribution in [0.25, 0.3) is 0 Å². The van der Waals surface area contributed by atoms with Crippen molar-refractivity contribution in [1.29, 1.82) is 0 Å². The number of nitrogens with zero attached hydrogens (tertiary/aromatic N) is 3. The molecule has 116 valence electrons. The molecule has 0 saturated heterocycles. The lowest BCUT2D eigenvalue weighted by atomic mass is 10.2. The number of aryl methyl sites for hydroxylation is 1. The molecule has 0 amide bonds. The van der Waals surface area contributed by atoms with E-state index in [-0.39, 0.29) is 0 Å². The highest BCUT2D eigenvalue weighted by Gasteiger charge is 2.01. The van der Waals surface area contributed by atoms with Gasteiger partial charge in [-0.2, -0.15) is 14.9 Å². The van der Waals surface area contributed by atoms with Crippen molar-refractivity contribution in [3.05, 3.63) is 70.8 Å². The van der Waals surface area contributed by atoms with Crippen LogP contribution >= 0.6 is 12.2 Å². The third-order valence-corrected chi connectivity index (χ3v) is 3.59. The highest BCUT2D eigenvalue weighted by atomic mass is 32.1. The lowest BCUT2D eigenvalue weighted by Crippen LogP contribution is -1.97. The molecule has 0 aliphatic heterocycles. The average molecular weight is 323 g/mol. The van der Waals surface area contributed by atoms with Gasteiger partial charge in [-0.3, -0.25) is 5.10 Å². The average Bonchev–Trinajstić information content (AvgIpc) is 2.95. The number of hydrogen-bond acceptors (Lipinski definition) is 4. The first kappa shape index (κ1) is 15.2. The number of nitrogens with one attached hydrogen (secondary N) is 2. The molecule has 0 aliphatic carbocycles. The molecule has 0 saturated carbocycles. The van der Waals surface area contributed by atoms with Crippen molar-refractivity contribution in [1.82, 2.24) is 14.9 Å². The van der Waals surface area contributed by atoms with Gasteiger partial charge in [-0.05, 0) is 42.0 Å². The molecule has 5 nitrogen and oxygen atoms in total. The van der Waals surface area contributed by atoms with Gasteiger partial charge in [0.1, 0.15) is 0 Å². The van der Waals surface area contributed by atoms with Crippen molar-refractivity contribution >= 4 is 29.8 Å². The normalized spacial score (nSPS) is 11.0. The summed E-state index contributed by atoms with van der Waals surface area (Å²) in [7, 11) is 0. The number of rotatable bonds is 5. The predicted octanol–water partition coefficient (Wildman–Crippen LogP) is 4.13. The number of H-pyrrole nitrogens is 1. The summed E-state index contributed by atoms with van der Waals surface area (Å²) in [5.74, 6) is 0.814. The number of aromatic nitrogens is 3. The second-order valence-corrected chi connectivity index (χ2v) is 5.35. The monoisotopic (exact) mass is 323 g/mol. The molecule has 23 heavy (non-hydrogen) atoms.